The second-order valence-electron chi connectivity index (χ2n) is 2.90. The summed E-state index contributed by atoms with van der Waals surface area (Å²) in [5.74, 6) is 0.592. The number of benzene rings is 1. The van der Waals surface area contributed by atoms with Crippen LogP contribution in [0.25, 0.3) is 0 Å². The van der Waals surface area contributed by atoms with Gasteiger partial charge in [-0.3, -0.25) is 4.99 Å². The highest BCUT2D eigenvalue weighted by atomic mass is 14.7. The third-order valence-electron chi connectivity index (χ3n) is 1.74. The Morgan fingerprint density at radius 1 is 1.18 bits per heavy atom. The molecule has 1 nitrogen and oxygen atoms in total. The molecule has 0 aliphatic heterocycles. The predicted octanol–water partition coefficient (Wildman–Crippen LogP) is 3.14. The molecular formula is C10H13N. The van der Waals surface area contributed by atoms with Crippen molar-refractivity contribution in [2.45, 2.75) is 19.8 Å². The average Bonchev–Trinajstić information content (AvgIpc) is 2.05. The second-order valence-corrected chi connectivity index (χ2v) is 2.90. The summed E-state index contributed by atoms with van der Waals surface area (Å²) in [6.45, 7) is 7.81. The van der Waals surface area contributed by atoms with Crippen LogP contribution in [0.15, 0.2) is 29.3 Å². The van der Waals surface area contributed by atoms with Gasteiger partial charge in [-0.05, 0) is 30.3 Å². The first-order valence-electron chi connectivity index (χ1n) is 3.80. The van der Waals surface area contributed by atoms with Gasteiger partial charge in [-0.15, -0.1) is 0 Å². The van der Waals surface area contributed by atoms with Crippen molar-refractivity contribution in [2.24, 2.45) is 4.99 Å². The summed E-state index contributed by atoms with van der Waals surface area (Å²) in [6, 6.07) is 8.16. The zero-order valence-electron chi connectivity index (χ0n) is 7.04. The van der Waals surface area contributed by atoms with Crippen molar-refractivity contribution in [1.82, 2.24) is 0 Å². The number of aliphatic imine (C=N–C) groups is 1. The van der Waals surface area contributed by atoms with Gasteiger partial charge in [0.2, 0.25) is 0 Å². The van der Waals surface area contributed by atoms with Crippen LogP contribution in [0.3, 0.4) is 0 Å². The molecule has 0 bridgehead atoms. The number of rotatable bonds is 2. The van der Waals surface area contributed by atoms with Crippen LogP contribution >= 0.6 is 0 Å². The number of hydrogen-bond acceptors (Lipinski definition) is 1. The van der Waals surface area contributed by atoms with Crippen molar-refractivity contribution < 1.29 is 0 Å². The highest BCUT2D eigenvalue weighted by molar-refractivity contribution is 5.46. The minimum Gasteiger partial charge on any atom is -0.265 e. The zero-order chi connectivity index (χ0) is 8.27. The van der Waals surface area contributed by atoms with Gasteiger partial charge < -0.3 is 0 Å². The molecule has 0 amide bonds. The lowest BCUT2D eigenvalue weighted by atomic mass is 10.0. The van der Waals surface area contributed by atoms with Crippen LogP contribution in [0.5, 0.6) is 0 Å². The summed E-state index contributed by atoms with van der Waals surface area (Å²) in [7, 11) is 0. The molecule has 0 aliphatic carbocycles. The fourth-order valence-electron chi connectivity index (χ4n) is 0.965. The molecule has 0 heterocycles. The highest BCUT2D eigenvalue weighted by Crippen LogP contribution is 2.18. The maximum absolute atomic E-state index is 3.82. The SMILES string of the molecule is C=Nc1ccc(C(C)C)cc1. The molecule has 0 fully saturated rings. The van der Waals surface area contributed by atoms with Gasteiger partial charge in [-0.1, -0.05) is 26.0 Å². The third kappa shape index (κ3) is 1.90. The number of hydrogen-bond donors (Lipinski definition) is 0. The summed E-state index contributed by atoms with van der Waals surface area (Å²) in [4.78, 5) is 3.82. The Morgan fingerprint density at radius 2 is 1.73 bits per heavy atom. The van der Waals surface area contributed by atoms with Crippen molar-refractivity contribution >= 4 is 12.4 Å². The second kappa shape index (κ2) is 3.33. The Hall–Kier alpha value is -1.11. The van der Waals surface area contributed by atoms with E-state index in [4.69, 9.17) is 0 Å². The summed E-state index contributed by atoms with van der Waals surface area (Å²) >= 11 is 0. The Kier molecular flexibility index (Phi) is 2.42. The van der Waals surface area contributed by atoms with Gasteiger partial charge in [-0.2, -0.15) is 0 Å². The van der Waals surface area contributed by atoms with E-state index in [-0.39, 0.29) is 0 Å². The van der Waals surface area contributed by atoms with Gasteiger partial charge in [-0.25, -0.2) is 0 Å². The number of nitrogens with zero attached hydrogens (tertiary/aromatic N) is 1. The van der Waals surface area contributed by atoms with Crippen LogP contribution in [0.1, 0.15) is 25.3 Å². The van der Waals surface area contributed by atoms with Gasteiger partial charge in [0.25, 0.3) is 0 Å². The quantitative estimate of drug-likeness (QED) is 0.570. The van der Waals surface area contributed by atoms with Crippen molar-refractivity contribution in [1.29, 1.82) is 0 Å². The molecule has 0 aromatic heterocycles. The monoisotopic (exact) mass is 147 g/mol. The van der Waals surface area contributed by atoms with E-state index in [0.29, 0.717) is 5.92 Å². The molecule has 0 N–H and O–H groups in total. The summed E-state index contributed by atoms with van der Waals surface area (Å²) in [6.07, 6.45) is 0. The van der Waals surface area contributed by atoms with Crippen LogP contribution in [0.2, 0.25) is 0 Å². The van der Waals surface area contributed by atoms with Gasteiger partial charge in [0.15, 0.2) is 0 Å². The maximum atomic E-state index is 3.82. The molecule has 0 unspecified atom stereocenters. The molecule has 1 aromatic carbocycles. The normalized spacial score (nSPS) is 10.1. The Labute approximate surface area is 67.8 Å². The standard InChI is InChI=1S/C10H13N/c1-8(2)9-4-6-10(11-3)7-5-9/h4-8H,3H2,1-2H3. The van der Waals surface area contributed by atoms with E-state index in [0.717, 1.165) is 5.69 Å². The molecule has 0 atom stereocenters. The lowest BCUT2D eigenvalue weighted by molar-refractivity contribution is 0.867. The molecule has 0 radical (unpaired) electrons. The molecule has 0 saturated heterocycles. The van der Waals surface area contributed by atoms with Crippen LogP contribution in [-0.4, -0.2) is 6.72 Å². The van der Waals surface area contributed by atoms with E-state index in [1.165, 1.54) is 5.56 Å². The Bertz CT molecular complexity index is 234. The fourth-order valence-corrected chi connectivity index (χ4v) is 0.965. The van der Waals surface area contributed by atoms with Gasteiger partial charge in [0.1, 0.15) is 0 Å². The van der Waals surface area contributed by atoms with Gasteiger partial charge in [0, 0.05) is 0 Å². The molecule has 1 heteroatoms. The first-order chi connectivity index (χ1) is 5.24. The molecule has 0 saturated carbocycles. The largest absolute Gasteiger partial charge is 0.265 e. The van der Waals surface area contributed by atoms with Crippen LogP contribution in [-0.2, 0) is 0 Å². The molecule has 1 aromatic rings. The first-order valence-corrected chi connectivity index (χ1v) is 3.80. The fraction of sp³-hybridized carbons (Fsp3) is 0.300. The minimum absolute atomic E-state index is 0.592. The summed E-state index contributed by atoms with van der Waals surface area (Å²) < 4.78 is 0. The average molecular weight is 147 g/mol. The van der Waals surface area contributed by atoms with Crippen LogP contribution < -0.4 is 0 Å². The zero-order valence-corrected chi connectivity index (χ0v) is 7.04. The van der Waals surface area contributed by atoms with Crippen molar-refractivity contribution in [2.75, 3.05) is 0 Å². The Morgan fingerprint density at radius 3 is 2.09 bits per heavy atom. The molecule has 0 aliphatic rings. The molecule has 11 heavy (non-hydrogen) atoms. The van der Waals surface area contributed by atoms with Crippen molar-refractivity contribution in [3.63, 3.8) is 0 Å². The third-order valence-corrected chi connectivity index (χ3v) is 1.74. The van der Waals surface area contributed by atoms with Gasteiger partial charge in [0.05, 0.1) is 5.69 Å². The highest BCUT2D eigenvalue weighted by Gasteiger charge is 1.96. The van der Waals surface area contributed by atoms with Crippen LogP contribution in [0, 0.1) is 0 Å². The smallest absolute Gasteiger partial charge is 0.0622 e. The lowest BCUT2D eigenvalue weighted by Gasteiger charge is -2.03. The maximum Gasteiger partial charge on any atom is 0.0622 e. The van der Waals surface area contributed by atoms with Crippen molar-refractivity contribution in [3.8, 4) is 0 Å². The van der Waals surface area contributed by atoms with E-state index >= 15 is 0 Å². The van der Waals surface area contributed by atoms with Crippen LogP contribution in [0.4, 0.5) is 5.69 Å². The predicted molar refractivity (Wildman–Crippen MR) is 49.7 cm³/mol. The van der Waals surface area contributed by atoms with Gasteiger partial charge >= 0.3 is 0 Å². The molecule has 0 spiro atoms. The summed E-state index contributed by atoms with van der Waals surface area (Å²) in [5, 5.41) is 0. The Balaban J connectivity index is 2.91. The van der Waals surface area contributed by atoms with Crippen molar-refractivity contribution in [3.05, 3.63) is 29.8 Å². The van der Waals surface area contributed by atoms with E-state index in [2.05, 4.69) is 37.7 Å². The van der Waals surface area contributed by atoms with E-state index in [9.17, 15) is 0 Å². The van der Waals surface area contributed by atoms with E-state index in [1.54, 1.807) is 0 Å². The molecular weight excluding hydrogens is 134 g/mol. The minimum atomic E-state index is 0.592. The molecule has 58 valence electrons. The summed E-state index contributed by atoms with van der Waals surface area (Å²) in [5.41, 5.74) is 2.28. The first kappa shape index (κ1) is 7.99. The molecule has 1 rings (SSSR count). The lowest BCUT2D eigenvalue weighted by Crippen LogP contribution is -1.84. The van der Waals surface area contributed by atoms with E-state index in [1.807, 2.05) is 12.1 Å². The van der Waals surface area contributed by atoms with E-state index < -0.39 is 0 Å². The topological polar surface area (TPSA) is 12.4 Å².